The van der Waals surface area contributed by atoms with Crippen molar-refractivity contribution in [3.63, 3.8) is 0 Å². The molecule has 2 aromatic rings. The van der Waals surface area contributed by atoms with Crippen molar-refractivity contribution in [3.8, 4) is 5.75 Å². The maximum Gasteiger partial charge on any atom is 0.191 e. The quantitative estimate of drug-likeness (QED) is 0.353. The Labute approximate surface area is 197 Å². The highest BCUT2D eigenvalue weighted by atomic mass is 127. The van der Waals surface area contributed by atoms with E-state index in [2.05, 4.69) is 69.9 Å². The van der Waals surface area contributed by atoms with Crippen LogP contribution >= 0.6 is 24.0 Å². The number of para-hydroxylation sites is 2. The molecule has 1 saturated heterocycles. The Morgan fingerprint density at radius 1 is 1.03 bits per heavy atom. The van der Waals surface area contributed by atoms with Crippen LogP contribution in [0, 0.1) is 0 Å². The Kier molecular flexibility index (Phi) is 7.50. The van der Waals surface area contributed by atoms with Gasteiger partial charge < -0.3 is 20.3 Å². The fourth-order valence-corrected chi connectivity index (χ4v) is 4.44. The molecule has 0 amide bonds. The van der Waals surface area contributed by atoms with Crippen LogP contribution < -0.4 is 20.3 Å². The minimum absolute atomic E-state index is 0. The standard InChI is InChI=1S/C24H32N4O.HI/c1-24(20-11-7-8-12-21(20)29-3)17-22(24)27-23(25-2)26-18-13-15-28(16-14-18)19-9-5-4-6-10-19;/h4-12,18,22H,13-17H2,1-3H3,(H2,25,26,27);1H. The molecule has 6 heteroatoms. The molecule has 2 aromatic carbocycles. The van der Waals surface area contributed by atoms with Crippen LogP contribution in [0.5, 0.6) is 5.75 Å². The number of hydrogen-bond acceptors (Lipinski definition) is 3. The normalized spacial score (nSPS) is 24.0. The summed E-state index contributed by atoms with van der Waals surface area (Å²) in [5.74, 6) is 1.88. The number of benzene rings is 2. The van der Waals surface area contributed by atoms with Gasteiger partial charge in [-0.3, -0.25) is 4.99 Å². The van der Waals surface area contributed by atoms with Crippen LogP contribution in [0.2, 0.25) is 0 Å². The summed E-state index contributed by atoms with van der Waals surface area (Å²) >= 11 is 0. The van der Waals surface area contributed by atoms with E-state index >= 15 is 0 Å². The average molecular weight is 520 g/mol. The first-order valence-corrected chi connectivity index (χ1v) is 10.6. The first-order valence-electron chi connectivity index (χ1n) is 10.6. The van der Waals surface area contributed by atoms with Gasteiger partial charge in [0.1, 0.15) is 5.75 Å². The molecule has 1 saturated carbocycles. The molecule has 2 atom stereocenters. The molecule has 2 N–H and O–H groups in total. The average Bonchev–Trinajstić information content (AvgIpc) is 3.44. The van der Waals surface area contributed by atoms with Crippen molar-refractivity contribution in [3.05, 3.63) is 60.2 Å². The molecule has 1 heterocycles. The molecule has 2 fully saturated rings. The van der Waals surface area contributed by atoms with E-state index in [4.69, 9.17) is 4.74 Å². The number of halogens is 1. The molecule has 30 heavy (non-hydrogen) atoms. The SMILES string of the molecule is CN=C(NC1CCN(c2ccccc2)CC1)NC1CC1(C)c1ccccc1OC.I. The molecular weight excluding hydrogens is 487 g/mol. The number of nitrogens with zero attached hydrogens (tertiary/aromatic N) is 2. The van der Waals surface area contributed by atoms with Gasteiger partial charge in [0.25, 0.3) is 0 Å². The topological polar surface area (TPSA) is 48.9 Å². The molecule has 4 rings (SSSR count). The third-order valence-corrected chi connectivity index (χ3v) is 6.45. The van der Waals surface area contributed by atoms with E-state index in [1.807, 2.05) is 19.2 Å². The van der Waals surface area contributed by atoms with Gasteiger partial charge in [-0.05, 0) is 37.5 Å². The highest BCUT2D eigenvalue weighted by molar-refractivity contribution is 14.0. The highest BCUT2D eigenvalue weighted by Gasteiger charge is 2.53. The molecule has 0 aromatic heterocycles. The fraction of sp³-hybridized carbons (Fsp3) is 0.458. The molecule has 0 spiro atoms. The lowest BCUT2D eigenvalue weighted by atomic mass is 9.96. The maximum atomic E-state index is 5.58. The summed E-state index contributed by atoms with van der Waals surface area (Å²) in [5, 5.41) is 7.29. The van der Waals surface area contributed by atoms with E-state index in [1.54, 1.807) is 7.11 Å². The van der Waals surface area contributed by atoms with Crippen LogP contribution in [-0.4, -0.2) is 45.3 Å². The number of rotatable bonds is 5. The van der Waals surface area contributed by atoms with E-state index < -0.39 is 0 Å². The number of hydrogen-bond donors (Lipinski definition) is 2. The van der Waals surface area contributed by atoms with E-state index in [0.29, 0.717) is 12.1 Å². The van der Waals surface area contributed by atoms with Crippen LogP contribution in [0.3, 0.4) is 0 Å². The van der Waals surface area contributed by atoms with Gasteiger partial charge in [-0.1, -0.05) is 43.3 Å². The van der Waals surface area contributed by atoms with Gasteiger partial charge in [-0.15, -0.1) is 24.0 Å². The molecule has 1 aliphatic carbocycles. The van der Waals surface area contributed by atoms with Gasteiger partial charge in [0.05, 0.1) is 7.11 Å². The van der Waals surface area contributed by atoms with E-state index in [0.717, 1.165) is 44.1 Å². The summed E-state index contributed by atoms with van der Waals surface area (Å²) in [7, 11) is 3.60. The highest BCUT2D eigenvalue weighted by Crippen LogP contribution is 2.50. The number of methoxy groups -OCH3 is 1. The molecule has 2 aliphatic rings. The largest absolute Gasteiger partial charge is 0.496 e. The van der Waals surface area contributed by atoms with Crippen LogP contribution in [0.1, 0.15) is 31.7 Å². The Bertz CT molecular complexity index is 851. The number of anilines is 1. The van der Waals surface area contributed by atoms with Gasteiger partial charge >= 0.3 is 0 Å². The second-order valence-electron chi connectivity index (χ2n) is 8.33. The zero-order chi connectivity index (χ0) is 20.3. The van der Waals surface area contributed by atoms with Crippen molar-refractivity contribution in [2.24, 2.45) is 4.99 Å². The third-order valence-electron chi connectivity index (χ3n) is 6.45. The summed E-state index contributed by atoms with van der Waals surface area (Å²) in [4.78, 5) is 6.96. The summed E-state index contributed by atoms with van der Waals surface area (Å²) in [6.45, 7) is 4.44. The molecule has 0 bridgehead atoms. The van der Waals surface area contributed by atoms with Crippen LogP contribution in [0.15, 0.2) is 59.6 Å². The number of ether oxygens (including phenoxy) is 1. The molecule has 5 nitrogen and oxygen atoms in total. The first kappa shape index (κ1) is 22.7. The predicted octanol–water partition coefficient (Wildman–Crippen LogP) is 4.18. The predicted molar refractivity (Wildman–Crippen MR) is 135 cm³/mol. The second-order valence-corrected chi connectivity index (χ2v) is 8.33. The third kappa shape index (κ3) is 4.85. The Morgan fingerprint density at radius 2 is 1.70 bits per heavy atom. The fourth-order valence-electron chi connectivity index (χ4n) is 4.44. The van der Waals surface area contributed by atoms with Crippen LogP contribution in [0.25, 0.3) is 0 Å². The molecule has 2 unspecified atom stereocenters. The van der Waals surface area contributed by atoms with Crippen molar-refractivity contribution in [2.75, 3.05) is 32.1 Å². The van der Waals surface area contributed by atoms with Gasteiger partial charge in [-0.25, -0.2) is 0 Å². The monoisotopic (exact) mass is 520 g/mol. The minimum atomic E-state index is 0. The van der Waals surface area contributed by atoms with Crippen molar-refractivity contribution < 1.29 is 4.74 Å². The number of guanidine groups is 1. The lowest BCUT2D eigenvalue weighted by Gasteiger charge is -2.34. The molecule has 0 radical (unpaired) electrons. The van der Waals surface area contributed by atoms with Gasteiger partial charge in [0.15, 0.2) is 5.96 Å². The number of piperidine rings is 1. The van der Waals surface area contributed by atoms with Crippen LogP contribution in [0.4, 0.5) is 5.69 Å². The van der Waals surface area contributed by atoms with Gasteiger partial charge in [-0.2, -0.15) is 0 Å². The summed E-state index contributed by atoms with van der Waals surface area (Å²) in [5.41, 5.74) is 2.67. The number of aliphatic imine (C=N–C) groups is 1. The lowest BCUT2D eigenvalue weighted by molar-refractivity contribution is 0.404. The van der Waals surface area contributed by atoms with Crippen molar-refractivity contribution in [2.45, 2.75) is 43.7 Å². The van der Waals surface area contributed by atoms with Crippen molar-refractivity contribution >= 4 is 35.6 Å². The van der Waals surface area contributed by atoms with Gasteiger partial charge in [0.2, 0.25) is 0 Å². The van der Waals surface area contributed by atoms with E-state index in [1.165, 1.54) is 11.3 Å². The maximum absolute atomic E-state index is 5.58. The Balaban J connectivity index is 0.00000256. The van der Waals surface area contributed by atoms with Crippen molar-refractivity contribution in [1.29, 1.82) is 0 Å². The zero-order valence-electron chi connectivity index (χ0n) is 18.1. The van der Waals surface area contributed by atoms with Gasteiger partial charge in [0, 0.05) is 48.9 Å². The smallest absolute Gasteiger partial charge is 0.191 e. The summed E-state index contributed by atoms with van der Waals surface area (Å²) in [6.07, 6.45) is 3.31. The summed E-state index contributed by atoms with van der Waals surface area (Å²) < 4.78 is 5.58. The van der Waals surface area contributed by atoms with E-state index in [9.17, 15) is 0 Å². The number of nitrogens with one attached hydrogen (secondary N) is 2. The Morgan fingerprint density at radius 3 is 2.37 bits per heavy atom. The zero-order valence-corrected chi connectivity index (χ0v) is 20.4. The summed E-state index contributed by atoms with van der Waals surface area (Å²) in [6, 6.07) is 19.8. The minimum Gasteiger partial charge on any atom is -0.496 e. The van der Waals surface area contributed by atoms with E-state index in [-0.39, 0.29) is 29.4 Å². The molecule has 162 valence electrons. The Hall–Kier alpha value is -1.96. The van der Waals surface area contributed by atoms with Crippen LogP contribution in [-0.2, 0) is 5.41 Å². The second kappa shape index (κ2) is 9.90. The molecule has 1 aliphatic heterocycles. The van der Waals surface area contributed by atoms with Crippen molar-refractivity contribution in [1.82, 2.24) is 10.6 Å². The first-order chi connectivity index (χ1) is 14.1. The molecular formula is C24H33IN4O. The lowest BCUT2D eigenvalue weighted by Crippen LogP contribution is -2.49.